The van der Waals surface area contributed by atoms with E-state index in [2.05, 4.69) is 10.6 Å². The van der Waals surface area contributed by atoms with Crippen LogP contribution in [0.1, 0.15) is 53.9 Å². The molecule has 5 nitrogen and oxygen atoms in total. The van der Waals surface area contributed by atoms with E-state index in [4.69, 9.17) is 39.5 Å². The highest BCUT2D eigenvalue weighted by molar-refractivity contribution is 7.16. The minimum Gasteiger partial charge on any atom is -0.465 e. The zero-order chi connectivity index (χ0) is 19.5. The Morgan fingerprint density at radius 2 is 1.88 bits per heavy atom. The molecular formula is C17H23Cl3N2O3S. The summed E-state index contributed by atoms with van der Waals surface area (Å²) in [5, 5.41) is 6.32. The summed E-state index contributed by atoms with van der Waals surface area (Å²) in [6.45, 7) is 3.86. The molecule has 26 heavy (non-hydrogen) atoms. The maximum Gasteiger partial charge on any atom is 0.341 e. The number of esters is 1. The fraction of sp³-hybridized carbons (Fsp3) is 0.647. The van der Waals surface area contributed by atoms with Crippen molar-refractivity contribution in [3.05, 3.63) is 16.0 Å². The maximum absolute atomic E-state index is 12.3. The first-order chi connectivity index (χ1) is 12.1. The van der Waals surface area contributed by atoms with Crippen molar-refractivity contribution in [3.8, 4) is 0 Å². The van der Waals surface area contributed by atoms with E-state index in [9.17, 15) is 9.59 Å². The Hall–Kier alpha value is -0.690. The average molecular weight is 442 g/mol. The summed E-state index contributed by atoms with van der Waals surface area (Å²) in [5.74, 6) is -0.487. The molecule has 2 N–H and O–H groups in total. The summed E-state index contributed by atoms with van der Waals surface area (Å²) >= 11 is 19.6. The third-order valence-corrected chi connectivity index (χ3v) is 5.94. The molecule has 1 unspecified atom stereocenters. The van der Waals surface area contributed by atoms with Crippen LogP contribution in [0.2, 0.25) is 0 Å². The molecule has 9 heteroatoms. The second-order valence-corrected chi connectivity index (χ2v) is 10.2. The summed E-state index contributed by atoms with van der Waals surface area (Å²) in [7, 11) is 1.34. The summed E-state index contributed by atoms with van der Waals surface area (Å²) in [4.78, 5) is 25.6. The first kappa shape index (κ1) is 21.6. The third-order valence-electron chi connectivity index (χ3n) is 4.06. The molecule has 0 aliphatic heterocycles. The van der Waals surface area contributed by atoms with Crippen molar-refractivity contribution in [2.24, 2.45) is 5.92 Å². The molecular weight excluding hydrogens is 419 g/mol. The Labute approximate surface area is 172 Å². The number of ether oxygens (including phenoxy) is 1. The molecule has 1 aliphatic rings. The summed E-state index contributed by atoms with van der Waals surface area (Å²) < 4.78 is 3.16. The van der Waals surface area contributed by atoms with E-state index in [0.29, 0.717) is 17.0 Å². The first-order valence-corrected chi connectivity index (χ1v) is 10.4. The van der Waals surface area contributed by atoms with E-state index in [0.717, 1.165) is 36.1 Å². The van der Waals surface area contributed by atoms with Crippen LogP contribution in [0.25, 0.3) is 0 Å². The number of hydrogen-bond acceptors (Lipinski definition) is 5. The Morgan fingerprint density at radius 1 is 1.23 bits per heavy atom. The number of carbonyl (C=O) groups is 2. The van der Waals surface area contributed by atoms with Gasteiger partial charge < -0.3 is 15.4 Å². The average Bonchev–Trinajstić information content (AvgIpc) is 2.89. The number of methoxy groups -OCH3 is 1. The Balaban J connectivity index is 2.31. The van der Waals surface area contributed by atoms with Gasteiger partial charge >= 0.3 is 5.97 Å². The van der Waals surface area contributed by atoms with Crippen molar-refractivity contribution in [1.82, 2.24) is 5.32 Å². The van der Waals surface area contributed by atoms with Crippen LogP contribution in [0, 0.1) is 5.92 Å². The van der Waals surface area contributed by atoms with Gasteiger partial charge in [0.1, 0.15) is 11.2 Å². The van der Waals surface area contributed by atoms with Crippen LogP contribution < -0.4 is 10.6 Å². The van der Waals surface area contributed by atoms with Gasteiger partial charge in [-0.25, -0.2) is 4.79 Å². The van der Waals surface area contributed by atoms with Crippen molar-refractivity contribution in [2.75, 3.05) is 12.4 Å². The lowest BCUT2D eigenvalue weighted by Crippen LogP contribution is -2.49. The number of halogens is 3. The molecule has 1 atom stereocenters. The van der Waals surface area contributed by atoms with Crippen molar-refractivity contribution in [1.29, 1.82) is 0 Å². The SMILES string of the molecule is COC(=O)c1c(NC(NC(=O)CC(C)C)C(Cl)(Cl)Cl)sc2c1CCCC2. The number of carbonyl (C=O) groups excluding carboxylic acids is 2. The molecule has 0 fully saturated rings. The number of fused-ring (bicyclic) bond motifs is 1. The van der Waals surface area contributed by atoms with Gasteiger partial charge in [-0.05, 0) is 37.2 Å². The number of aryl methyl sites for hydroxylation is 1. The largest absolute Gasteiger partial charge is 0.465 e. The molecule has 0 saturated carbocycles. The van der Waals surface area contributed by atoms with Crippen LogP contribution in [0.4, 0.5) is 5.00 Å². The minimum absolute atomic E-state index is 0.172. The smallest absolute Gasteiger partial charge is 0.341 e. The number of rotatable bonds is 6. The molecule has 0 spiro atoms. The molecule has 0 aromatic carbocycles. The molecule has 2 rings (SSSR count). The molecule has 0 saturated heterocycles. The van der Waals surface area contributed by atoms with Gasteiger partial charge in [0.05, 0.1) is 12.7 Å². The zero-order valence-electron chi connectivity index (χ0n) is 15.0. The highest BCUT2D eigenvalue weighted by Gasteiger charge is 2.36. The number of thiophene rings is 1. The predicted octanol–water partition coefficient (Wildman–Crippen LogP) is 4.68. The molecule has 0 bridgehead atoms. The van der Waals surface area contributed by atoms with Gasteiger partial charge in [0.2, 0.25) is 9.70 Å². The van der Waals surface area contributed by atoms with Gasteiger partial charge in [0.15, 0.2) is 0 Å². The summed E-state index contributed by atoms with van der Waals surface area (Å²) in [5.41, 5.74) is 1.47. The molecule has 1 aromatic heterocycles. The van der Waals surface area contributed by atoms with Gasteiger partial charge in [-0.3, -0.25) is 4.79 Å². The van der Waals surface area contributed by atoms with Crippen LogP contribution in [0.15, 0.2) is 0 Å². The Bertz CT molecular complexity index is 671. The molecule has 1 aromatic rings. The molecule has 1 heterocycles. The van der Waals surface area contributed by atoms with Crippen LogP contribution in [0.3, 0.4) is 0 Å². The first-order valence-electron chi connectivity index (χ1n) is 8.49. The monoisotopic (exact) mass is 440 g/mol. The minimum atomic E-state index is -1.79. The predicted molar refractivity (Wildman–Crippen MR) is 108 cm³/mol. The van der Waals surface area contributed by atoms with Crippen LogP contribution in [0.5, 0.6) is 0 Å². The van der Waals surface area contributed by atoms with Crippen molar-refractivity contribution in [2.45, 2.75) is 55.9 Å². The van der Waals surface area contributed by atoms with Gasteiger partial charge in [0.25, 0.3) is 0 Å². The van der Waals surface area contributed by atoms with Gasteiger partial charge in [-0.1, -0.05) is 48.7 Å². The zero-order valence-corrected chi connectivity index (χ0v) is 18.0. The topological polar surface area (TPSA) is 67.4 Å². The third kappa shape index (κ3) is 5.41. The standard InChI is InChI=1S/C17H23Cl3N2O3S/c1-9(2)8-12(23)21-16(17(18,19)20)22-14-13(15(24)25-3)10-6-4-5-7-11(10)26-14/h9,16,22H,4-8H2,1-3H3,(H,21,23). The van der Waals surface area contributed by atoms with Crippen LogP contribution in [-0.4, -0.2) is 28.9 Å². The van der Waals surface area contributed by atoms with Gasteiger partial charge in [0, 0.05) is 11.3 Å². The Kier molecular flexibility index (Phi) is 7.48. The Morgan fingerprint density at radius 3 is 2.46 bits per heavy atom. The maximum atomic E-state index is 12.3. The van der Waals surface area contributed by atoms with E-state index >= 15 is 0 Å². The molecule has 146 valence electrons. The number of alkyl halides is 3. The normalized spacial score (nSPS) is 15.3. The van der Waals surface area contributed by atoms with Crippen molar-refractivity contribution < 1.29 is 14.3 Å². The van der Waals surface area contributed by atoms with Crippen molar-refractivity contribution in [3.63, 3.8) is 0 Å². The number of amides is 1. The number of anilines is 1. The van der Waals surface area contributed by atoms with Crippen molar-refractivity contribution >= 4 is 63.0 Å². The summed E-state index contributed by atoms with van der Waals surface area (Å²) in [6, 6.07) is 0. The lowest BCUT2D eigenvalue weighted by Gasteiger charge is -2.27. The van der Waals surface area contributed by atoms with E-state index in [1.807, 2.05) is 13.8 Å². The summed E-state index contributed by atoms with van der Waals surface area (Å²) in [6.07, 6.45) is 3.16. The van der Waals surface area contributed by atoms with Gasteiger partial charge in [-0.2, -0.15) is 0 Å². The fourth-order valence-corrected chi connectivity index (χ4v) is 4.54. The van der Waals surface area contributed by atoms with Gasteiger partial charge in [-0.15, -0.1) is 11.3 Å². The van der Waals surface area contributed by atoms with Crippen LogP contribution >= 0.6 is 46.1 Å². The molecule has 1 amide bonds. The van der Waals surface area contributed by atoms with E-state index in [-0.39, 0.29) is 11.8 Å². The number of hydrogen-bond donors (Lipinski definition) is 2. The quantitative estimate of drug-likeness (QED) is 0.382. The van der Waals surface area contributed by atoms with Crippen LogP contribution in [-0.2, 0) is 22.4 Å². The van der Waals surface area contributed by atoms with E-state index in [1.54, 1.807) is 0 Å². The number of nitrogens with one attached hydrogen (secondary N) is 2. The fourth-order valence-electron chi connectivity index (χ4n) is 2.91. The lowest BCUT2D eigenvalue weighted by molar-refractivity contribution is -0.122. The highest BCUT2D eigenvalue weighted by Crippen LogP contribution is 2.40. The second kappa shape index (κ2) is 9.00. The second-order valence-electron chi connectivity index (χ2n) is 6.69. The van der Waals surface area contributed by atoms with E-state index < -0.39 is 15.9 Å². The highest BCUT2D eigenvalue weighted by atomic mass is 35.6. The molecule has 1 aliphatic carbocycles. The lowest BCUT2D eigenvalue weighted by atomic mass is 9.95. The molecule has 0 radical (unpaired) electrons. The van der Waals surface area contributed by atoms with E-state index in [1.165, 1.54) is 18.4 Å².